The Balaban J connectivity index is 1.59. The van der Waals surface area contributed by atoms with Gasteiger partial charge in [-0.25, -0.2) is 4.79 Å². The quantitative estimate of drug-likeness (QED) is 0.309. The van der Waals surface area contributed by atoms with E-state index in [0.29, 0.717) is 11.1 Å². The molecule has 25 heavy (non-hydrogen) atoms. The SMILES string of the molecule is O=C(OCc1csc([N+](=O)[O-])c1)c1ccccc1SCC1CCCO1. The van der Waals surface area contributed by atoms with Crippen molar-refractivity contribution in [2.75, 3.05) is 12.4 Å². The molecule has 0 aliphatic carbocycles. The van der Waals surface area contributed by atoms with Crippen molar-refractivity contribution in [2.45, 2.75) is 30.4 Å². The van der Waals surface area contributed by atoms with E-state index in [1.165, 1.54) is 6.07 Å². The van der Waals surface area contributed by atoms with Crippen molar-refractivity contribution in [1.82, 2.24) is 0 Å². The van der Waals surface area contributed by atoms with Crippen LogP contribution in [0, 0.1) is 10.1 Å². The van der Waals surface area contributed by atoms with Crippen molar-refractivity contribution in [1.29, 1.82) is 0 Å². The Morgan fingerprint density at radius 1 is 1.44 bits per heavy atom. The maximum atomic E-state index is 12.4. The van der Waals surface area contributed by atoms with Crippen molar-refractivity contribution in [2.24, 2.45) is 0 Å². The first-order valence-electron chi connectivity index (χ1n) is 7.86. The molecule has 0 radical (unpaired) electrons. The van der Waals surface area contributed by atoms with Crippen LogP contribution in [-0.4, -0.2) is 29.4 Å². The topological polar surface area (TPSA) is 78.7 Å². The smallest absolute Gasteiger partial charge is 0.339 e. The maximum absolute atomic E-state index is 12.4. The summed E-state index contributed by atoms with van der Waals surface area (Å²) < 4.78 is 10.9. The Bertz CT molecular complexity index is 755. The van der Waals surface area contributed by atoms with Crippen LogP contribution < -0.4 is 0 Å². The van der Waals surface area contributed by atoms with Gasteiger partial charge in [0.2, 0.25) is 0 Å². The Labute approximate surface area is 153 Å². The van der Waals surface area contributed by atoms with Crippen LogP contribution in [0.15, 0.2) is 40.6 Å². The van der Waals surface area contributed by atoms with E-state index in [1.807, 2.05) is 12.1 Å². The third kappa shape index (κ3) is 4.81. The zero-order valence-electron chi connectivity index (χ0n) is 13.4. The van der Waals surface area contributed by atoms with Crippen molar-refractivity contribution in [3.05, 3.63) is 57.0 Å². The van der Waals surface area contributed by atoms with Crippen molar-refractivity contribution in [3.63, 3.8) is 0 Å². The van der Waals surface area contributed by atoms with Crippen molar-refractivity contribution < 1.29 is 19.2 Å². The van der Waals surface area contributed by atoms with Gasteiger partial charge < -0.3 is 9.47 Å². The largest absolute Gasteiger partial charge is 0.457 e. The molecule has 0 amide bonds. The molecular weight excluding hydrogens is 362 g/mol. The van der Waals surface area contributed by atoms with E-state index in [1.54, 1.807) is 29.3 Å². The summed E-state index contributed by atoms with van der Waals surface area (Å²) in [5.74, 6) is 0.380. The maximum Gasteiger partial charge on any atom is 0.339 e. The lowest BCUT2D eigenvalue weighted by Gasteiger charge is -2.11. The fraction of sp³-hybridized carbons (Fsp3) is 0.353. The number of ether oxygens (including phenoxy) is 2. The second-order valence-electron chi connectivity index (χ2n) is 5.57. The number of carbonyl (C=O) groups excluding carboxylic acids is 1. The Kier molecular flexibility index (Phi) is 6.06. The number of nitrogens with zero attached hydrogens (tertiary/aromatic N) is 1. The molecule has 1 aromatic carbocycles. The van der Waals surface area contributed by atoms with Crippen molar-refractivity contribution in [3.8, 4) is 0 Å². The van der Waals surface area contributed by atoms with E-state index in [0.717, 1.165) is 41.4 Å². The first-order valence-corrected chi connectivity index (χ1v) is 9.72. The van der Waals surface area contributed by atoms with Crippen LogP contribution in [0.2, 0.25) is 0 Å². The number of benzene rings is 1. The number of hydrogen-bond donors (Lipinski definition) is 0. The summed E-state index contributed by atoms with van der Waals surface area (Å²) in [6.45, 7) is 0.829. The van der Waals surface area contributed by atoms with E-state index in [-0.39, 0.29) is 17.7 Å². The predicted octanol–water partition coefficient (Wildman–Crippen LogP) is 4.28. The highest BCUT2D eigenvalue weighted by Crippen LogP contribution is 2.28. The van der Waals surface area contributed by atoms with Gasteiger partial charge in [-0.3, -0.25) is 10.1 Å². The predicted molar refractivity (Wildman–Crippen MR) is 96.2 cm³/mol. The van der Waals surface area contributed by atoms with E-state index >= 15 is 0 Å². The molecule has 0 saturated carbocycles. The summed E-state index contributed by atoms with van der Waals surface area (Å²) in [7, 11) is 0. The van der Waals surface area contributed by atoms with Crippen LogP contribution in [0.25, 0.3) is 0 Å². The minimum Gasteiger partial charge on any atom is -0.457 e. The molecule has 1 aliphatic rings. The molecule has 1 aliphatic heterocycles. The monoisotopic (exact) mass is 379 g/mol. The normalized spacial score (nSPS) is 16.7. The fourth-order valence-corrected chi connectivity index (χ4v) is 4.30. The highest BCUT2D eigenvalue weighted by molar-refractivity contribution is 7.99. The third-order valence-corrected chi connectivity index (χ3v) is 5.88. The molecule has 1 saturated heterocycles. The van der Waals surface area contributed by atoms with Crippen LogP contribution >= 0.6 is 23.1 Å². The molecule has 2 aromatic rings. The van der Waals surface area contributed by atoms with Gasteiger partial charge in [0.25, 0.3) is 0 Å². The molecule has 1 aromatic heterocycles. The second-order valence-corrected chi connectivity index (χ2v) is 7.52. The van der Waals surface area contributed by atoms with Gasteiger partial charge >= 0.3 is 11.0 Å². The number of esters is 1. The average molecular weight is 379 g/mol. The molecule has 0 spiro atoms. The molecule has 8 heteroatoms. The molecule has 1 atom stereocenters. The summed E-state index contributed by atoms with van der Waals surface area (Å²) in [4.78, 5) is 23.5. The summed E-state index contributed by atoms with van der Waals surface area (Å²) in [6.07, 6.45) is 2.37. The van der Waals surface area contributed by atoms with E-state index in [9.17, 15) is 14.9 Å². The van der Waals surface area contributed by atoms with E-state index in [4.69, 9.17) is 9.47 Å². The van der Waals surface area contributed by atoms with Crippen molar-refractivity contribution >= 4 is 34.1 Å². The molecule has 3 rings (SSSR count). The Hall–Kier alpha value is -1.90. The Morgan fingerprint density at radius 2 is 2.28 bits per heavy atom. The Morgan fingerprint density at radius 3 is 3.00 bits per heavy atom. The molecule has 132 valence electrons. The highest BCUT2D eigenvalue weighted by Gasteiger charge is 2.19. The minimum atomic E-state index is -0.451. The number of rotatable bonds is 7. The molecule has 6 nitrogen and oxygen atoms in total. The van der Waals surface area contributed by atoms with Gasteiger partial charge in [-0.05, 0) is 25.0 Å². The van der Waals surface area contributed by atoms with Gasteiger partial charge in [0.15, 0.2) is 0 Å². The molecular formula is C17H17NO5S2. The zero-order chi connectivity index (χ0) is 17.6. The molecule has 0 bridgehead atoms. The first kappa shape index (κ1) is 17.9. The third-order valence-electron chi connectivity index (χ3n) is 3.75. The summed E-state index contributed by atoms with van der Waals surface area (Å²) >= 11 is 2.61. The molecule has 1 fully saturated rings. The van der Waals surface area contributed by atoms with Crippen LogP contribution in [0.1, 0.15) is 28.8 Å². The second kappa shape index (κ2) is 8.46. The number of thiophene rings is 1. The highest BCUT2D eigenvalue weighted by atomic mass is 32.2. The average Bonchev–Trinajstić information content (AvgIpc) is 3.30. The van der Waals surface area contributed by atoms with Gasteiger partial charge in [-0.1, -0.05) is 23.5 Å². The standard InChI is InChI=1S/C17H17NO5S2/c19-17(23-9-12-8-16(18(20)21)25-10-12)14-5-1-2-6-15(14)24-11-13-4-3-7-22-13/h1-2,5-6,8,10,13H,3-4,7,9,11H2. The molecule has 0 N–H and O–H groups in total. The molecule has 2 heterocycles. The van der Waals surface area contributed by atoms with Gasteiger partial charge in [0, 0.05) is 34.3 Å². The number of nitro groups is 1. The van der Waals surface area contributed by atoms with E-state index < -0.39 is 10.9 Å². The lowest BCUT2D eigenvalue weighted by molar-refractivity contribution is -0.380. The van der Waals surface area contributed by atoms with Crippen LogP contribution in [-0.2, 0) is 16.1 Å². The zero-order valence-corrected chi connectivity index (χ0v) is 15.0. The first-order chi connectivity index (χ1) is 12.1. The van der Waals surface area contributed by atoms with Gasteiger partial charge in [0.1, 0.15) is 6.61 Å². The van der Waals surface area contributed by atoms with Crippen LogP contribution in [0.5, 0.6) is 0 Å². The van der Waals surface area contributed by atoms with Gasteiger partial charge in [-0.2, -0.15) is 0 Å². The fourth-order valence-electron chi connectivity index (χ4n) is 2.48. The number of thioether (sulfide) groups is 1. The lowest BCUT2D eigenvalue weighted by atomic mass is 10.2. The van der Waals surface area contributed by atoms with Gasteiger partial charge in [0.05, 0.1) is 16.6 Å². The van der Waals surface area contributed by atoms with Crippen LogP contribution in [0.4, 0.5) is 5.00 Å². The number of carbonyl (C=O) groups is 1. The van der Waals surface area contributed by atoms with Crippen LogP contribution in [0.3, 0.4) is 0 Å². The number of hydrogen-bond acceptors (Lipinski definition) is 7. The summed E-state index contributed by atoms with van der Waals surface area (Å²) in [6, 6.07) is 8.73. The van der Waals surface area contributed by atoms with Gasteiger partial charge in [-0.15, -0.1) is 11.8 Å². The summed E-state index contributed by atoms with van der Waals surface area (Å²) in [5, 5.41) is 12.4. The minimum absolute atomic E-state index is 0.0217. The molecule has 1 unspecified atom stereocenters. The lowest BCUT2D eigenvalue weighted by Crippen LogP contribution is -2.10. The summed E-state index contributed by atoms with van der Waals surface area (Å²) in [5.41, 5.74) is 1.13. The van der Waals surface area contributed by atoms with E-state index in [2.05, 4.69) is 0 Å².